The lowest BCUT2D eigenvalue weighted by Crippen LogP contribution is -3.00. The molecule has 0 aromatic heterocycles. The van der Waals surface area contributed by atoms with Crippen molar-refractivity contribution in [2.24, 2.45) is 0 Å². The molecule has 0 aliphatic rings. The van der Waals surface area contributed by atoms with Crippen LogP contribution in [-0.2, 0) is 13.0 Å². The fourth-order valence-electron chi connectivity index (χ4n) is 6.73. The highest BCUT2D eigenvalue weighted by Crippen LogP contribution is 2.24. The summed E-state index contributed by atoms with van der Waals surface area (Å²) >= 11 is 0. The molecule has 0 spiro atoms. The molecule has 0 amide bonds. The van der Waals surface area contributed by atoms with Gasteiger partial charge in [0.1, 0.15) is 6.54 Å². The van der Waals surface area contributed by atoms with Crippen LogP contribution in [0.3, 0.4) is 0 Å². The summed E-state index contributed by atoms with van der Waals surface area (Å²) in [5.41, 5.74) is 3.23. The second-order valence-electron chi connectivity index (χ2n) is 13.2. The predicted molar refractivity (Wildman–Crippen MR) is 182 cm³/mol. The minimum Gasteiger partial charge on any atom is -1.00 e. The molecule has 0 unspecified atom stereocenters. The van der Waals surface area contributed by atoms with Crippen LogP contribution in [0.2, 0.25) is 0 Å². The first-order valence-electron chi connectivity index (χ1n) is 18.6. The molecule has 0 atom stereocenters. The van der Waals surface area contributed by atoms with Crippen molar-refractivity contribution in [2.75, 3.05) is 19.6 Å². The van der Waals surface area contributed by atoms with Crippen LogP contribution in [0.5, 0.6) is 0 Å². The Bertz CT molecular complexity index is 606. The largest absolute Gasteiger partial charge is 1.00 e. The topological polar surface area (TPSA) is 0 Å². The molecule has 0 N–H and O–H groups in total. The van der Waals surface area contributed by atoms with Crippen LogP contribution in [-0.4, -0.2) is 24.1 Å². The third kappa shape index (κ3) is 21.8. The molecule has 2 heteroatoms. The fraction of sp³-hybridized carbons (Fsp3) is 0.846. The highest BCUT2D eigenvalue weighted by Gasteiger charge is 2.27. The number of unbranched alkanes of at least 4 members (excludes halogenated alkanes) is 21. The molecule has 0 saturated heterocycles. The quantitative estimate of drug-likeness (QED) is 0.0616. The van der Waals surface area contributed by atoms with E-state index in [1.807, 2.05) is 0 Å². The summed E-state index contributed by atoms with van der Waals surface area (Å²) in [6, 6.07) is 9.41. The molecule has 0 saturated carbocycles. The number of aryl methyl sites for hydroxylation is 1. The Labute approximate surface area is 266 Å². The van der Waals surface area contributed by atoms with E-state index in [1.165, 1.54) is 191 Å². The van der Waals surface area contributed by atoms with Gasteiger partial charge in [-0.05, 0) is 50.5 Å². The van der Waals surface area contributed by atoms with Gasteiger partial charge in [0.25, 0.3) is 0 Å². The molecule has 41 heavy (non-hydrogen) atoms. The monoisotopic (exact) mass is 592 g/mol. The zero-order valence-electron chi connectivity index (χ0n) is 28.6. The van der Waals surface area contributed by atoms with Gasteiger partial charge < -0.3 is 16.9 Å². The van der Waals surface area contributed by atoms with Crippen LogP contribution >= 0.6 is 0 Å². The molecular formula is C39H74ClN. The SMILES string of the molecule is CCCCCCCCCC[N+](CCCCCCCCCC)(CCCCCCCCCC)Cc1ccccc1CC.[Cl-]. The lowest BCUT2D eigenvalue weighted by Gasteiger charge is -2.40. The van der Waals surface area contributed by atoms with E-state index in [4.69, 9.17) is 0 Å². The van der Waals surface area contributed by atoms with Crippen LogP contribution < -0.4 is 12.4 Å². The van der Waals surface area contributed by atoms with E-state index < -0.39 is 0 Å². The molecule has 1 nitrogen and oxygen atoms in total. The van der Waals surface area contributed by atoms with E-state index in [2.05, 4.69) is 52.0 Å². The van der Waals surface area contributed by atoms with Crippen LogP contribution in [0.25, 0.3) is 0 Å². The van der Waals surface area contributed by atoms with Gasteiger partial charge in [0.15, 0.2) is 0 Å². The van der Waals surface area contributed by atoms with Gasteiger partial charge in [-0.15, -0.1) is 0 Å². The highest BCUT2D eigenvalue weighted by molar-refractivity contribution is 5.26. The molecule has 242 valence electrons. The van der Waals surface area contributed by atoms with E-state index >= 15 is 0 Å². The van der Waals surface area contributed by atoms with Crippen molar-refractivity contribution in [3.63, 3.8) is 0 Å². The average molecular weight is 592 g/mol. The van der Waals surface area contributed by atoms with Gasteiger partial charge in [-0.1, -0.05) is 168 Å². The molecule has 1 aromatic carbocycles. The maximum absolute atomic E-state index is 2.46. The summed E-state index contributed by atoms with van der Waals surface area (Å²) in [6.45, 7) is 14.8. The minimum absolute atomic E-state index is 0. The zero-order chi connectivity index (χ0) is 29.0. The summed E-state index contributed by atoms with van der Waals surface area (Å²) in [5.74, 6) is 0. The van der Waals surface area contributed by atoms with Crippen LogP contribution in [0.15, 0.2) is 24.3 Å². The maximum atomic E-state index is 2.46. The van der Waals surface area contributed by atoms with Gasteiger partial charge in [-0.2, -0.15) is 0 Å². The molecule has 0 bridgehead atoms. The first-order valence-corrected chi connectivity index (χ1v) is 18.6. The summed E-state index contributed by atoms with van der Waals surface area (Å²) in [4.78, 5) is 0. The van der Waals surface area contributed by atoms with Crippen molar-refractivity contribution in [2.45, 2.75) is 195 Å². The van der Waals surface area contributed by atoms with Crippen molar-refractivity contribution >= 4 is 0 Å². The molecule has 0 heterocycles. The standard InChI is InChI=1S/C39H74N.ClH/c1-5-9-12-15-18-21-24-29-34-40(35-30-25-22-19-16-13-10-6-2,36-31-26-23-20-17-14-11-7-3)37-39-33-28-27-32-38(39)8-4;/h27-28,32-33H,5-26,29-31,34-37H2,1-4H3;1H/q+1;/p-1. The highest BCUT2D eigenvalue weighted by atomic mass is 35.5. The first kappa shape index (κ1) is 40.5. The number of nitrogens with zero attached hydrogens (tertiary/aromatic N) is 1. The summed E-state index contributed by atoms with van der Waals surface area (Å²) in [5, 5.41) is 0. The zero-order valence-corrected chi connectivity index (χ0v) is 29.4. The lowest BCUT2D eigenvalue weighted by molar-refractivity contribution is -0.941. The van der Waals surface area contributed by atoms with E-state index in [0.29, 0.717) is 0 Å². The van der Waals surface area contributed by atoms with Crippen molar-refractivity contribution in [3.8, 4) is 0 Å². The van der Waals surface area contributed by atoms with Crippen molar-refractivity contribution in [3.05, 3.63) is 35.4 Å². The van der Waals surface area contributed by atoms with Crippen molar-refractivity contribution in [1.82, 2.24) is 0 Å². The Kier molecular flexibility index (Phi) is 29.2. The Balaban J connectivity index is 0.0000160. The number of hydrogen-bond donors (Lipinski definition) is 0. The number of hydrogen-bond acceptors (Lipinski definition) is 0. The second-order valence-corrected chi connectivity index (χ2v) is 13.2. The molecule has 0 aliphatic carbocycles. The number of rotatable bonds is 30. The van der Waals surface area contributed by atoms with Gasteiger partial charge in [-0.3, -0.25) is 0 Å². The summed E-state index contributed by atoms with van der Waals surface area (Å²) < 4.78 is 1.36. The molecule has 0 radical (unpaired) electrons. The molecule has 0 fully saturated rings. The Hall–Kier alpha value is -0.530. The third-order valence-electron chi connectivity index (χ3n) is 9.46. The Morgan fingerprint density at radius 3 is 1.00 bits per heavy atom. The summed E-state index contributed by atoms with van der Waals surface area (Å²) in [7, 11) is 0. The molecule has 1 rings (SSSR count). The third-order valence-corrected chi connectivity index (χ3v) is 9.46. The van der Waals surface area contributed by atoms with E-state index in [9.17, 15) is 0 Å². The van der Waals surface area contributed by atoms with Gasteiger partial charge in [-0.25, -0.2) is 0 Å². The van der Waals surface area contributed by atoms with E-state index in [0.717, 1.165) is 0 Å². The van der Waals surface area contributed by atoms with E-state index in [1.54, 1.807) is 11.1 Å². The smallest absolute Gasteiger partial charge is 0.105 e. The number of quaternary nitrogens is 1. The normalized spacial score (nSPS) is 11.6. The van der Waals surface area contributed by atoms with E-state index in [-0.39, 0.29) is 12.4 Å². The van der Waals surface area contributed by atoms with Gasteiger partial charge in [0.2, 0.25) is 0 Å². The van der Waals surface area contributed by atoms with Crippen molar-refractivity contribution < 1.29 is 16.9 Å². The Morgan fingerprint density at radius 1 is 0.390 bits per heavy atom. The van der Waals surface area contributed by atoms with Gasteiger partial charge >= 0.3 is 0 Å². The molecule has 0 aliphatic heterocycles. The maximum Gasteiger partial charge on any atom is 0.105 e. The predicted octanol–water partition coefficient (Wildman–Crippen LogP) is 9.99. The molecular weight excluding hydrogens is 518 g/mol. The minimum atomic E-state index is 0. The van der Waals surface area contributed by atoms with Crippen LogP contribution in [0.1, 0.15) is 193 Å². The van der Waals surface area contributed by atoms with Crippen LogP contribution in [0.4, 0.5) is 0 Å². The van der Waals surface area contributed by atoms with Gasteiger partial charge in [0.05, 0.1) is 19.6 Å². The Morgan fingerprint density at radius 2 is 0.683 bits per heavy atom. The van der Waals surface area contributed by atoms with Crippen LogP contribution in [0, 0.1) is 0 Å². The van der Waals surface area contributed by atoms with Crippen molar-refractivity contribution in [1.29, 1.82) is 0 Å². The number of halogens is 1. The lowest BCUT2D eigenvalue weighted by atomic mass is 10.0. The second kappa shape index (κ2) is 29.5. The van der Waals surface area contributed by atoms with Gasteiger partial charge in [0, 0.05) is 5.56 Å². The molecule has 1 aromatic rings. The number of benzene rings is 1. The fourth-order valence-corrected chi connectivity index (χ4v) is 6.73. The average Bonchev–Trinajstić information content (AvgIpc) is 2.97. The first-order chi connectivity index (χ1) is 19.7. The summed E-state index contributed by atoms with van der Waals surface area (Å²) in [6.07, 6.45) is 35.5.